The third-order valence-corrected chi connectivity index (χ3v) is 4.85. The second-order valence-electron chi connectivity index (χ2n) is 6.54. The first-order valence-corrected chi connectivity index (χ1v) is 8.36. The van der Waals surface area contributed by atoms with E-state index in [1.165, 1.54) is 25.8 Å². The molecule has 2 aliphatic rings. The molecule has 0 spiro atoms. The molecule has 0 aromatic rings. The molecule has 3 heteroatoms. The number of carbonyl (C=O) groups is 1. The molecule has 1 saturated heterocycles. The van der Waals surface area contributed by atoms with E-state index in [1.54, 1.807) is 0 Å². The lowest BCUT2D eigenvalue weighted by molar-refractivity contribution is -0.127. The Labute approximate surface area is 123 Å². The van der Waals surface area contributed by atoms with Crippen LogP contribution in [-0.2, 0) is 4.79 Å². The topological polar surface area (TPSA) is 32.3 Å². The fraction of sp³-hybridized carbons (Fsp3) is 0.824. The largest absolute Gasteiger partial charge is 0.353 e. The van der Waals surface area contributed by atoms with Crippen LogP contribution in [0.1, 0.15) is 52.4 Å². The van der Waals surface area contributed by atoms with E-state index in [0.717, 1.165) is 38.3 Å². The molecule has 20 heavy (non-hydrogen) atoms. The normalized spacial score (nSPS) is 26.4. The highest BCUT2D eigenvalue weighted by atomic mass is 16.1. The van der Waals surface area contributed by atoms with Crippen LogP contribution in [0.3, 0.4) is 0 Å². The van der Waals surface area contributed by atoms with Crippen LogP contribution in [-0.4, -0.2) is 36.5 Å². The van der Waals surface area contributed by atoms with Crippen molar-refractivity contribution in [2.75, 3.05) is 19.6 Å². The molecule has 0 radical (unpaired) electrons. The first kappa shape index (κ1) is 15.6. The van der Waals surface area contributed by atoms with Gasteiger partial charge in [-0.15, -0.1) is 0 Å². The number of likely N-dealkylation sites (tertiary alicyclic amines) is 1. The van der Waals surface area contributed by atoms with Gasteiger partial charge in [-0.05, 0) is 64.5 Å². The molecule has 3 nitrogen and oxygen atoms in total. The van der Waals surface area contributed by atoms with Gasteiger partial charge in [-0.25, -0.2) is 0 Å². The van der Waals surface area contributed by atoms with Crippen LogP contribution < -0.4 is 5.32 Å². The van der Waals surface area contributed by atoms with Crippen molar-refractivity contribution in [3.63, 3.8) is 0 Å². The highest BCUT2D eigenvalue weighted by Gasteiger charge is 2.26. The summed E-state index contributed by atoms with van der Waals surface area (Å²) in [7, 11) is 0. The van der Waals surface area contributed by atoms with Gasteiger partial charge in [-0.2, -0.15) is 0 Å². The number of carbonyl (C=O) groups excluding carboxylic acids is 1. The molecule has 1 heterocycles. The number of amides is 1. The van der Waals surface area contributed by atoms with E-state index in [2.05, 4.69) is 36.2 Å². The first-order valence-electron chi connectivity index (χ1n) is 8.36. The van der Waals surface area contributed by atoms with Crippen molar-refractivity contribution in [2.45, 2.75) is 58.4 Å². The Morgan fingerprint density at radius 1 is 1.30 bits per heavy atom. The Morgan fingerprint density at radius 2 is 2.05 bits per heavy atom. The summed E-state index contributed by atoms with van der Waals surface area (Å²) in [6.45, 7) is 7.62. The smallest absolute Gasteiger partial charge is 0.223 e. The third-order valence-electron chi connectivity index (χ3n) is 4.85. The quantitative estimate of drug-likeness (QED) is 0.784. The second kappa shape index (κ2) is 7.82. The molecular weight excluding hydrogens is 248 g/mol. The van der Waals surface area contributed by atoms with Crippen molar-refractivity contribution in [2.24, 2.45) is 11.8 Å². The van der Waals surface area contributed by atoms with Crippen molar-refractivity contribution in [3.8, 4) is 0 Å². The molecule has 1 N–H and O–H groups in total. The van der Waals surface area contributed by atoms with Gasteiger partial charge in [0.05, 0.1) is 0 Å². The number of nitrogens with one attached hydrogen (secondary N) is 1. The minimum absolute atomic E-state index is 0.242. The zero-order valence-electron chi connectivity index (χ0n) is 13.1. The van der Waals surface area contributed by atoms with Crippen LogP contribution in [0.5, 0.6) is 0 Å². The second-order valence-corrected chi connectivity index (χ2v) is 6.54. The SMILES string of the molecule is CC[C@@H](C)NC(=O)C1CCN(C[C@@H]2CC=CCC2)CC1. The van der Waals surface area contributed by atoms with E-state index in [0.29, 0.717) is 6.04 Å². The summed E-state index contributed by atoms with van der Waals surface area (Å²) in [5, 5.41) is 3.13. The van der Waals surface area contributed by atoms with Gasteiger partial charge in [-0.1, -0.05) is 19.1 Å². The lowest BCUT2D eigenvalue weighted by Gasteiger charge is -2.34. The van der Waals surface area contributed by atoms with E-state index in [-0.39, 0.29) is 11.8 Å². The molecule has 0 aromatic heterocycles. The minimum atomic E-state index is 0.242. The Balaban J connectivity index is 1.69. The van der Waals surface area contributed by atoms with Gasteiger partial charge in [-0.3, -0.25) is 4.79 Å². The molecule has 0 saturated carbocycles. The van der Waals surface area contributed by atoms with Crippen LogP contribution in [0.2, 0.25) is 0 Å². The number of hydrogen-bond acceptors (Lipinski definition) is 2. The van der Waals surface area contributed by atoms with Gasteiger partial charge in [0.15, 0.2) is 0 Å². The van der Waals surface area contributed by atoms with Crippen molar-refractivity contribution < 1.29 is 4.79 Å². The summed E-state index contributed by atoms with van der Waals surface area (Å²) < 4.78 is 0. The zero-order chi connectivity index (χ0) is 14.4. The van der Waals surface area contributed by atoms with Crippen LogP contribution in [0.4, 0.5) is 0 Å². The lowest BCUT2D eigenvalue weighted by Crippen LogP contribution is -2.44. The molecule has 2 rings (SSSR count). The first-order chi connectivity index (χ1) is 9.69. The molecular formula is C17H30N2O. The number of hydrogen-bond donors (Lipinski definition) is 1. The average Bonchev–Trinajstić information content (AvgIpc) is 2.49. The standard InChI is InChI=1S/C17H30N2O/c1-3-14(2)18-17(20)16-9-11-19(12-10-16)13-15-7-5-4-6-8-15/h4-5,14-16H,3,6-13H2,1-2H3,(H,18,20)/t14-,15-/m1/s1. The van der Waals surface area contributed by atoms with E-state index in [4.69, 9.17) is 0 Å². The van der Waals surface area contributed by atoms with Crippen LogP contribution in [0.15, 0.2) is 12.2 Å². The van der Waals surface area contributed by atoms with Gasteiger partial charge >= 0.3 is 0 Å². The summed E-state index contributed by atoms with van der Waals surface area (Å²) in [5.41, 5.74) is 0. The maximum absolute atomic E-state index is 12.1. The maximum atomic E-state index is 12.1. The highest BCUT2D eigenvalue weighted by molar-refractivity contribution is 5.79. The Bertz CT molecular complexity index is 332. The number of piperidine rings is 1. The van der Waals surface area contributed by atoms with Gasteiger partial charge in [0.1, 0.15) is 0 Å². The predicted octanol–water partition coefficient (Wildman–Crippen LogP) is 2.97. The van der Waals surface area contributed by atoms with Crippen molar-refractivity contribution in [3.05, 3.63) is 12.2 Å². The average molecular weight is 278 g/mol. The summed E-state index contributed by atoms with van der Waals surface area (Å²) in [6, 6.07) is 0.314. The van der Waals surface area contributed by atoms with Gasteiger partial charge in [0, 0.05) is 18.5 Å². The summed E-state index contributed by atoms with van der Waals surface area (Å²) in [6.07, 6.45) is 11.6. The van der Waals surface area contributed by atoms with E-state index in [9.17, 15) is 4.79 Å². The zero-order valence-corrected chi connectivity index (χ0v) is 13.1. The van der Waals surface area contributed by atoms with Gasteiger partial charge < -0.3 is 10.2 Å². The maximum Gasteiger partial charge on any atom is 0.223 e. The molecule has 0 bridgehead atoms. The van der Waals surface area contributed by atoms with E-state index >= 15 is 0 Å². The summed E-state index contributed by atoms with van der Waals surface area (Å²) >= 11 is 0. The predicted molar refractivity (Wildman–Crippen MR) is 83.5 cm³/mol. The number of nitrogens with zero attached hydrogens (tertiary/aromatic N) is 1. The molecule has 1 aliphatic heterocycles. The Kier molecular flexibility index (Phi) is 6.08. The van der Waals surface area contributed by atoms with Gasteiger partial charge in [0.25, 0.3) is 0 Å². The summed E-state index contributed by atoms with van der Waals surface area (Å²) in [4.78, 5) is 14.7. The number of allylic oxidation sites excluding steroid dienone is 2. The molecule has 114 valence electrons. The van der Waals surface area contributed by atoms with Crippen molar-refractivity contribution in [1.82, 2.24) is 10.2 Å². The molecule has 1 fully saturated rings. The fourth-order valence-corrected chi connectivity index (χ4v) is 3.23. The molecule has 1 aliphatic carbocycles. The van der Waals surface area contributed by atoms with Crippen molar-refractivity contribution in [1.29, 1.82) is 0 Å². The summed E-state index contributed by atoms with van der Waals surface area (Å²) in [5.74, 6) is 1.36. The highest BCUT2D eigenvalue weighted by Crippen LogP contribution is 2.23. The molecule has 0 aromatic carbocycles. The molecule has 0 unspecified atom stereocenters. The van der Waals surface area contributed by atoms with Gasteiger partial charge in [0.2, 0.25) is 5.91 Å². The van der Waals surface area contributed by atoms with Crippen LogP contribution >= 0.6 is 0 Å². The number of rotatable bonds is 5. The van der Waals surface area contributed by atoms with Crippen LogP contribution in [0.25, 0.3) is 0 Å². The third kappa shape index (κ3) is 4.62. The van der Waals surface area contributed by atoms with E-state index < -0.39 is 0 Å². The minimum Gasteiger partial charge on any atom is -0.353 e. The fourth-order valence-electron chi connectivity index (χ4n) is 3.23. The lowest BCUT2D eigenvalue weighted by atomic mass is 9.91. The Hall–Kier alpha value is -0.830. The Morgan fingerprint density at radius 3 is 2.65 bits per heavy atom. The monoisotopic (exact) mass is 278 g/mol. The molecule has 2 atom stereocenters. The molecule has 1 amide bonds. The van der Waals surface area contributed by atoms with Crippen molar-refractivity contribution >= 4 is 5.91 Å². The van der Waals surface area contributed by atoms with E-state index in [1.807, 2.05) is 0 Å². The van der Waals surface area contributed by atoms with Crippen LogP contribution in [0, 0.1) is 11.8 Å².